The number of benzene rings is 1. The maximum atomic E-state index is 12.2. The summed E-state index contributed by atoms with van der Waals surface area (Å²) < 4.78 is 10.8. The van der Waals surface area contributed by atoms with Crippen molar-refractivity contribution in [2.75, 3.05) is 0 Å². The van der Waals surface area contributed by atoms with E-state index in [9.17, 15) is 14.7 Å². The second-order valence-electron chi connectivity index (χ2n) is 7.43. The molecular weight excluding hydrogens is 334 g/mol. The molecule has 6 nitrogen and oxygen atoms in total. The lowest BCUT2D eigenvalue weighted by Gasteiger charge is -2.24. The van der Waals surface area contributed by atoms with Gasteiger partial charge in [-0.05, 0) is 75.6 Å². The van der Waals surface area contributed by atoms with Gasteiger partial charge in [0.1, 0.15) is 11.5 Å². The molecule has 1 aromatic rings. The molecule has 0 atom stereocenters. The van der Waals surface area contributed by atoms with Crippen LogP contribution in [-0.4, -0.2) is 29.2 Å². The molecular formula is C20H27NO5. The lowest BCUT2D eigenvalue weighted by Crippen LogP contribution is -2.31. The van der Waals surface area contributed by atoms with Crippen molar-refractivity contribution in [3.8, 4) is 11.5 Å². The predicted octanol–water partition coefficient (Wildman–Crippen LogP) is 2.57. The molecule has 26 heavy (non-hydrogen) atoms. The molecule has 0 aromatic heterocycles. The van der Waals surface area contributed by atoms with Gasteiger partial charge in [0.05, 0.1) is 17.9 Å². The van der Waals surface area contributed by atoms with E-state index in [0.29, 0.717) is 37.2 Å². The van der Waals surface area contributed by atoms with Gasteiger partial charge in [0.25, 0.3) is 0 Å². The van der Waals surface area contributed by atoms with E-state index in [0.717, 1.165) is 25.7 Å². The van der Waals surface area contributed by atoms with Crippen LogP contribution < -0.4 is 15.2 Å². The summed E-state index contributed by atoms with van der Waals surface area (Å²) in [5, 5.41) is 9.51. The first-order valence-corrected chi connectivity index (χ1v) is 9.48. The van der Waals surface area contributed by atoms with E-state index in [2.05, 4.69) is 0 Å². The van der Waals surface area contributed by atoms with E-state index in [1.807, 2.05) is 0 Å². The molecule has 3 N–H and O–H groups in total. The van der Waals surface area contributed by atoms with Crippen LogP contribution in [0.4, 0.5) is 0 Å². The number of rotatable bonds is 4. The highest BCUT2D eigenvalue weighted by atomic mass is 16.5. The Labute approximate surface area is 153 Å². The van der Waals surface area contributed by atoms with Crippen LogP contribution in [0.15, 0.2) is 24.3 Å². The van der Waals surface area contributed by atoms with E-state index in [-0.39, 0.29) is 35.9 Å². The number of nitrogens with two attached hydrogens (primary N) is 1. The second kappa shape index (κ2) is 8.64. The van der Waals surface area contributed by atoms with Crippen LogP contribution in [0.25, 0.3) is 0 Å². The van der Waals surface area contributed by atoms with Gasteiger partial charge in [-0.15, -0.1) is 0 Å². The van der Waals surface area contributed by atoms with Crippen LogP contribution in [-0.2, 0) is 9.59 Å². The Balaban J connectivity index is 1.48. The largest absolute Gasteiger partial charge is 0.426 e. The van der Waals surface area contributed by atoms with Gasteiger partial charge in [0.2, 0.25) is 0 Å². The van der Waals surface area contributed by atoms with Crippen molar-refractivity contribution >= 4 is 11.9 Å². The Morgan fingerprint density at radius 1 is 0.769 bits per heavy atom. The van der Waals surface area contributed by atoms with Crippen molar-refractivity contribution in [2.45, 2.75) is 63.5 Å². The molecule has 2 fully saturated rings. The molecule has 3 rings (SSSR count). The highest BCUT2D eigenvalue weighted by Gasteiger charge is 2.27. The van der Waals surface area contributed by atoms with Crippen LogP contribution in [0.2, 0.25) is 0 Å². The first kappa shape index (κ1) is 18.9. The van der Waals surface area contributed by atoms with Gasteiger partial charge in [-0.3, -0.25) is 9.59 Å². The third kappa shape index (κ3) is 5.05. The van der Waals surface area contributed by atoms with E-state index in [1.54, 1.807) is 24.3 Å². The Morgan fingerprint density at radius 3 is 1.58 bits per heavy atom. The molecule has 0 saturated heterocycles. The maximum absolute atomic E-state index is 12.2. The average Bonchev–Trinajstić information content (AvgIpc) is 2.64. The number of ether oxygens (including phenoxy) is 2. The summed E-state index contributed by atoms with van der Waals surface area (Å²) >= 11 is 0. The van der Waals surface area contributed by atoms with Gasteiger partial charge in [-0.1, -0.05) is 0 Å². The molecule has 2 aliphatic rings. The molecule has 2 aliphatic carbocycles. The number of aliphatic hydroxyl groups excluding tert-OH is 1. The SMILES string of the molecule is NC1CCC(C(=O)Oc2ccc(OC(=O)C3CCC(O)CC3)cc2)CC1. The van der Waals surface area contributed by atoms with Gasteiger partial charge in [0.15, 0.2) is 0 Å². The van der Waals surface area contributed by atoms with Crippen LogP contribution in [0.1, 0.15) is 51.4 Å². The molecule has 0 amide bonds. The Morgan fingerprint density at radius 2 is 1.15 bits per heavy atom. The predicted molar refractivity (Wildman–Crippen MR) is 95.6 cm³/mol. The molecule has 0 spiro atoms. The van der Waals surface area contributed by atoms with Crippen molar-refractivity contribution in [1.82, 2.24) is 0 Å². The Kier molecular flexibility index (Phi) is 6.27. The fraction of sp³-hybridized carbons (Fsp3) is 0.600. The minimum Gasteiger partial charge on any atom is -0.426 e. The van der Waals surface area contributed by atoms with Gasteiger partial charge in [-0.2, -0.15) is 0 Å². The Hall–Kier alpha value is -1.92. The first-order chi connectivity index (χ1) is 12.5. The number of esters is 2. The summed E-state index contributed by atoms with van der Waals surface area (Å²) in [7, 11) is 0. The lowest BCUT2D eigenvalue weighted by atomic mass is 9.86. The van der Waals surface area contributed by atoms with Crippen LogP contribution in [0, 0.1) is 11.8 Å². The van der Waals surface area contributed by atoms with Crippen LogP contribution >= 0.6 is 0 Å². The minimum atomic E-state index is -0.298. The molecule has 1 aromatic carbocycles. The quantitative estimate of drug-likeness (QED) is 0.632. The third-order valence-corrected chi connectivity index (χ3v) is 5.40. The van der Waals surface area contributed by atoms with Crippen LogP contribution in [0.3, 0.4) is 0 Å². The van der Waals surface area contributed by atoms with Gasteiger partial charge in [-0.25, -0.2) is 0 Å². The first-order valence-electron chi connectivity index (χ1n) is 9.48. The normalized spacial score (nSPS) is 29.0. The van der Waals surface area contributed by atoms with Crippen molar-refractivity contribution in [3.63, 3.8) is 0 Å². The molecule has 0 bridgehead atoms. The zero-order chi connectivity index (χ0) is 18.5. The van der Waals surface area contributed by atoms with E-state index in [4.69, 9.17) is 15.2 Å². The number of aliphatic hydroxyl groups is 1. The van der Waals surface area contributed by atoms with E-state index >= 15 is 0 Å². The second-order valence-corrected chi connectivity index (χ2v) is 7.43. The number of carbonyl (C=O) groups is 2. The van der Waals surface area contributed by atoms with E-state index < -0.39 is 0 Å². The number of carbonyl (C=O) groups excluding carboxylic acids is 2. The van der Waals surface area contributed by atoms with Crippen molar-refractivity contribution in [3.05, 3.63) is 24.3 Å². The standard InChI is InChI=1S/C20H27NO5/c21-15-5-1-13(2-6-15)19(23)25-17-9-11-18(12-10-17)26-20(24)14-3-7-16(22)8-4-14/h9-16,22H,1-8,21H2. The van der Waals surface area contributed by atoms with Crippen LogP contribution in [0.5, 0.6) is 11.5 Å². The molecule has 2 saturated carbocycles. The smallest absolute Gasteiger partial charge is 0.314 e. The highest BCUT2D eigenvalue weighted by Crippen LogP contribution is 2.28. The van der Waals surface area contributed by atoms with Crippen molar-refractivity contribution < 1.29 is 24.2 Å². The maximum Gasteiger partial charge on any atom is 0.314 e. The monoisotopic (exact) mass is 361 g/mol. The summed E-state index contributed by atoms with van der Waals surface area (Å²) in [5.41, 5.74) is 5.86. The summed E-state index contributed by atoms with van der Waals surface area (Å²) in [5.74, 6) is 0.153. The molecule has 6 heteroatoms. The molecule has 0 radical (unpaired) electrons. The fourth-order valence-electron chi connectivity index (χ4n) is 3.64. The Bertz CT molecular complexity index is 559. The van der Waals surface area contributed by atoms with E-state index in [1.165, 1.54) is 0 Å². The third-order valence-electron chi connectivity index (χ3n) is 5.40. The minimum absolute atomic E-state index is 0.0889. The fourth-order valence-corrected chi connectivity index (χ4v) is 3.64. The summed E-state index contributed by atoms with van der Waals surface area (Å²) in [6.07, 6.45) is 5.54. The molecule has 0 unspecified atom stereocenters. The van der Waals surface area contributed by atoms with Gasteiger partial charge < -0.3 is 20.3 Å². The highest BCUT2D eigenvalue weighted by molar-refractivity contribution is 5.76. The molecule has 142 valence electrons. The number of hydrogen-bond acceptors (Lipinski definition) is 6. The molecule has 0 aliphatic heterocycles. The number of hydrogen-bond donors (Lipinski definition) is 2. The summed E-state index contributed by atoms with van der Waals surface area (Å²) in [6, 6.07) is 6.74. The summed E-state index contributed by atoms with van der Waals surface area (Å²) in [4.78, 5) is 24.4. The van der Waals surface area contributed by atoms with Gasteiger partial charge in [0, 0.05) is 6.04 Å². The summed E-state index contributed by atoms with van der Waals surface area (Å²) in [6.45, 7) is 0. The average molecular weight is 361 g/mol. The zero-order valence-corrected chi connectivity index (χ0v) is 14.9. The topological polar surface area (TPSA) is 98.9 Å². The zero-order valence-electron chi connectivity index (χ0n) is 14.9. The lowest BCUT2D eigenvalue weighted by molar-refractivity contribution is -0.141. The van der Waals surface area contributed by atoms with Gasteiger partial charge >= 0.3 is 11.9 Å². The molecule has 0 heterocycles. The van der Waals surface area contributed by atoms with Crippen molar-refractivity contribution in [2.24, 2.45) is 17.6 Å². The van der Waals surface area contributed by atoms with Crippen molar-refractivity contribution in [1.29, 1.82) is 0 Å².